The van der Waals surface area contributed by atoms with Crippen molar-refractivity contribution in [3.05, 3.63) is 0 Å². The third kappa shape index (κ3) is 6.83. The van der Waals surface area contributed by atoms with Gasteiger partial charge in [0.15, 0.2) is 0 Å². The second-order valence-corrected chi connectivity index (χ2v) is 4.78. The van der Waals surface area contributed by atoms with Crippen molar-refractivity contribution in [2.24, 2.45) is 5.92 Å². The Balaban J connectivity index is 1.82. The molecular formula is C13H24O3. The highest BCUT2D eigenvalue weighted by molar-refractivity contribution is 5.66. The first-order valence-electron chi connectivity index (χ1n) is 6.58. The van der Waals surface area contributed by atoms with Gasteiger partial charge in [0.2, 0.25) is 0 Å². The number of carboxylic acid groups (broad SMARTS) is 1. The molecule has 0 heterocycles. The summed E-state index contributed by atoms with van der Waals surface area (Å²) in [6, 6.07) is 0. The van der Waals surface area contributed by atoms with Crippen LogP contribution in [0, 0.1) is 5.92 Å². The minimum absolute atomic E-state index is 0.294. The maximum absolute atomic E-state index is 10.3. The van der Waals surface area contributed by atoms with Gasteiger partial charge in [0.25, 0.3) is 0 Å². The summed E-state index contributed by atoms with van der Waals surface area (Å²) in [5.74, 6) is 0.0934. The molecule has 1 aliphatic carbocycles. The van der Waals surface area contributed by atoms with Crippen LogP contribution in [0.2, 0.25) is 0 Å². The van der Waals surface area contributed by atoms with E-state index in [9.17, 15) is 4.79 Å². The number of rotatable bonds is 8. The second-order valence-electron chi connectivity index (χ2n) is 4.78. The molecule has 94 valence electrons. The Morgan fingerprint density at radius 3 is 2.56 bits per heavy atom. The van der Waals surface area contributed by atoms with Crippen LogP contribution in [0.3, 0.4) is 0 Å². The number of hydrogen-bond donors (Lipinski definition) is 1. The van der Waals surface area contributed by atoms with E-state index in [0.717, 1.165) is 38.4 Å². The van der Waals surface area contributed by atoms with Crippen LogP contribution in [-0.2, 0) is 9.53 Å². The van der Waals surface area contributed by atoms with Crippen molar-refractivity contribution in [2.45, 2.75) is 57.8 Å². The zero-order valence-electron chi connectivity index (χ0n) is 10.1. The topological polar surface area (TPSA) is 46.5 Å². The van der Waals surface area contributed by atoms with Gasteiger partial charge in [0, 0.05) is 19.6 Å². The number of hydrogen-bond acceptors (Lipinski definition) is 2. The fourth-order valence-corrected chi connectivity index (χ4v) is 2.26. The van der Waals surface area contributed by atoms with E-state index in [-0.39, 0.29) is 0 Å². The predicted octanol–water partition coefficient (Wildman–Crippen LogP) is 3.23. The molecule has 3 nitrogen and oxygen atoms in total. The van der Waals surface area contributed by atoms with Crippen LogP contribution < -0.4 is 0 Å². The molecule has 16 heavy (non-hydrogen) atoms. The van der Waals surface area contributed by atoms with Gasteiger partial charge < -0.3 is 9.84 Å². The van der Waals surface area contributed by atoms with Gasteiger partial charge in [0.1, 0.15) is 0 Å². The minimum atomic E-state index is -0.692. The first-order valence-corrected chi connectivity index (χ1v) is 6.58. The fraction of sp³-hybridized carbons (Fsp3) is 0.923. The van der Waals surface area contributed by atoms with E-state index in [1.807, 2.05) is 0 Å². The Kier molecular flexibility index (Phi) is 7.23. The van der Waals surface area contributed by atoms with Crippen molar-refractivity contribution >= 4 is 5.97 Å². The first-order chi connectivity index (χ1) is 7.79. The summed E-state index contributed by atoms with van der Waals surface area (Å²) >= 11 is 0. The van der Waals surface area contributed by atoms with Gasteiger partial charge in [-0.05, 0) is 31.6 Å². The molecule has 0 aromatic heterocycles. The molecule has 3 heteroatoms. The smallest absolute Gasteiger partial charge is 0.303 e. The average molecular weight is 228 g/mol. The second kappa shape index (κ2) is 8.57. The highest BCUT2D eigenvalue weighted by Crippen LogP contribution is 2.23. The molecule has 1 saturated carbocycles. The highest BCUT2D eigenvalue weighted by Gasteiger charge is 2.12. The number of aliphatic carboxylic acids is 1. The predicted molar refractivity (Wildman–Crippen MR) is 63.5 cm³/mol. The summed E-state index contributed by atoms with van der Waals surface area (Å²) in [5, 5.41) is 8.46. The molecule has 0 aliphatic heterocycles. The van der Waals surface area contributed by atoms with E-state index in [2.05, 4.69) is 0 Å². The van der Waals surface area contributed by atoms with Gasteiger partial charge in [-0.3, -0.25) is 4.79 Å². The van der Waals surface area contributed by atoms with Gasteiger partial charge in [-0.15, -0.1) is 0 Å². The fourth-order valence-electron chi connectivity index (χ4n) is 2.26. The maximum atomic E-state index is 10.3. The number of carbonyl (C=O) groups is 1. The summed E-state index contributed by atoms with van der Waals surface area (Å²) < 4.78 is 5.63. The average Bonchev–Trinajstić information content (AvgIpc) is 2.29. The monoisotopic (exact) mass is 228 g/mol. The number of unbranched alkanes of at least 4 members (excludes halogenated alkanes) is 2. The highest BCUT2D eigenvalue weighted by atomic mass is 16.5. The van der Waals surface area contributed by atoms with Crippen LogP contribution in [0.4, 0.5) is 0 Å². The standard InChI is InChI=1S/C13H24O3/c14-13(15)9-5-2-6-10-16-11-12-7-3-1-4-8-12/h12H,1-11H2,(H,14,15). The molecule has 0 bridgehead atoms. The van der Waals surface area contributed by atoms with Crippen LogP contribution >= 0.6 is 0 Å². The zero-order valence-corrected chi connectivity index (χ0v) is 10.1. The van der Waals surface area contributed by atoms with Gasteiger partial charge >= 0.3 is 5.97 Å². The molecule has 1 fully saturated rings. The molecule has 0 unspecified atom stereocenters. The van der Waals surface area contributed by atoms with Crippen molar-refractivity contribution in [2.75, 3.05) is 13.2 Å². The Bertz CT molecular complexity index is 186. The molecule has 0 amide bonds. The lowest BCUT2D eigenvalue weighted by molar-refractivity contribution is -0.137. The molecule has 0 radical (unpaired) electrons. The third-order valence-electron chi connectivity index (χ3n) is 3.26. The summed E-state index contributed by atoms with van der Waals surface area (Å²) in [4.78, 5) is 10.3. The lowest BCUT2D eigenvalue weighted by Crippen LogP contribution is -2.13. The molecule has 0 aromatic rings. The van der Waals surface area contributed by atoms with E-state index in [0.29, 0.717) is 6.42 Å². The molecule has 1 N–H and O–H groups in total. The lowest BCUT2D eigenvalue weighted by atomic mass is 9.90. The number of carboxylic acids is 1. The SMILES string of the molecule is O=C(O)CCCCCOCC1CCCCC1. The summed E-state index contributed by atoms with van der Waals surface area (Å²) in [6.45, 7) is 1.72. The maximum Gasteiger partial charge on any atom is 0.303 e. The van der Waals surface area contributed by atoms with E-state index in [1.165, 1.54) is 32.1 Å². The quantitative estimate of drug-likeness (QED) is 0.649. The molecular weight excluding hydrogens is 204 g/mol. The largest absolute Gasteiger partial charge is 0.481 e. The van der Waals surface area contributed by atoms with Gasteiger partial charge in [0.05, 0.1) is 0 Å². The van der Waals surface area contributed by atoms with Gasteiger partial charge in [-0.1, -0.05) is 25.7 Å². The van der Waals surface area contributed by atoms with E-state index in [4.69, 9.17) is 9.84 Å². The molecule has 0 aromatic carbocycles. The van der Waals surface area contributed by atoms with E-state index in [1.54, 1.807) is 0 Å². The third-order valence-corrected chi connectivity index (χ3v) is 3.26. The van der Waals surface area contributed by atoms with Crippen molar-refractivity contribution in [3.8, 4) is 0 Å². The molecule has 1 rings (SSSR count). The van der Waals surface area contributed by atoms with E-state index >= 15 is 0 Å². The van der Waals surface area contributed by atoms with Gasteiger partial charge in [-0.2, -0.15) is 0 Å². The van der Waals surface area contributed by atoms with Crippen molar-refractivity contribution in [1.82, 2.24) is 0 Å². The van der Waals surface area contributed by atoms with Crippen LogP contribution in [0.25, 0.3) is 0 Å². The summed E-state index contributed by atoms with van der Waals surface area (Å²) in [6.07, 6.45) is 9.84. The lowest BCUT2D eigenvalue weighted by Gasteiger charge is -2.21. The van der Waals surface area contributed by atoms with Crippen molar-refractivity contribution in [1.29, 1.82) is 0 Å². The molecule has 0 saturated heterocycles. The van der Waals surface area contributed by atoms with Crippen molar-refractivity contribution < 1.29 is 14.6 Å². The Morgan fingerprint density at radius 1 is 1.12 bits per heavy atom. The minimum Gasteiger partial charge on any atom is -0.481 e. The van der Waals surface area contributed by atoms with Crippen LogP contribution in [0.5, 0.6) is 0 Å². The molecule has 0 spiro atoms. The normalized spacial score (nSPS) is 17.5. The van der Waals surface area contributed by atoms with Crippen LogP contribution in [0.1, 0.15) is 57.8 Å². The summed E-state index contributed by atoms with van der Waals surface area (Å²) in [5.41, 5.74) is 0. The summed E-state index contributed by atoms with van der Waals surface area (Å²) in [7, 11) is 0. The van der Waals surface area contributed by atoms with Crippen LogP contribution in [-0.4, -0.2) is 24.3 Å². The van der Waals surface area contributed by atoms with E-state index < -0.39 is 5.97 Å². The first kappa shape index (κ1) is 13.5. The zero-order chi connectivity index (χ0) is 11.6. The Hall–Kier alpha value is -0.570. The van der Waals surface area contributed by atoms with Gasteiger partial charge in [-0.25, -0.2) is 0 Å². The number of ether oxygens (including phenoxy) is 1. The molecule has 1 aliphatic rings. The Morgan fingerprint density at radius 2 is 1.88 bits per heavy atom. The molecule has 0 atom stereocenters. The Labute approximate surface area is 98.2 Å². The van der Waals surface area contributed by atoms with Crippen molar-refractivity contribution in [3.63, 3.8) is 0 Å². The van der Waals surface area contributed by atoms with Crippen LogP contribution in [0.15, 0.2) is 0 Å².